The molecule has 0 fully saturated rings. The molecule has 22 heavy (non-hydrogen) atoms. The second kappa shape index (κ2) is 6.84. The predicted octanol–water partition coefficient (Wildman–Crippen LogP) is 4.59. The summed E-state index contributed by atoms with van der Waals surface area (Å²) < 4.78 is 5.57. The van der Waals surface area contributed by atoms with E-state index in [9.17, 15) is 4.79 Å². The molecule has 0 aliphatic heterocycles. The molecule has 0 radical (unpaired) electrons. The van der Waals surface area contributed by atoms with Crippen LogP contribution in [0, 0.1) is 27.7 Å². The van der Waals surface area contributed by atoms with Gasteiger partial charge in [0.15, 0.2) is 6.61 Å². The van der Waals surface area contributed by atoms with Gasteiger partial charge in [0, 0.05) is 10.7 Å². The summed E-state index contributed by atoms with van der Waals surface area (Å²) in [7, 11) is 0. The van der Waals surface area contributed by atoms with Crippen LogP contribution in [0.2, 0.25) is 5.02 Å². The van der Waals surface area contributed by atoms with E-state index in [1.165, 1.54) is 0 Å². The van der Waals surface area contributed by atoms with Gasteiger partial charge in [0.1, 0.15) is 5.75 Å². The van der Waals surface area contributed by atoms with Crippen LogP contribution in [0.1, 0.15) is 22.3 Å². The van der Waals surface area contributed by atoms with Crippen LogP contribution in [-0.4, -0.2) is 12.5 Å². The van der Waals surface area contributed by atoms with E-state index in [-0.39, 0.29) is 12.5 Å². The summed E-state index contributed by atoms with van der Waals surface area (Å²) in [5, 5.41) is 3.63. The van der Waals surface area contributed by atoms with Gasteiger partial charge in [-0.25, -0.2) is 0 Å². The van der Waals surface area contributed by atoms with Gasteiger partial charge in [0.05, 0.1) is 0 Å². The van der Waals surface area contributed by atoms with Crippen molar-refractivity contribution >= 4 is 23.2 Å². The molecule has 2 aromatic carbocycles. The summed E-state index contributed by atoms with van der Waals surface area (Å²) in [6, 6.07) is 9.57. The van der Waals surface area contributed by atoms with Gasteiger partial charge in [0.2, 0.25) is 0 Å². The van der Waals surface area contributed by atoms with Crippen molar-refractivity contribution in [3.63, 3.8) is 0 Å². The Kier molecular flexibility index (Phi) is 5.09. The van der Waals surface area contributed by atoms with Crippen molar-refractivity contribution < 1.29 is 9.53 Å². The number of halogens is 1. The third kappa shape index (κ3) is 3.80. The normalized spacial score (nSPS) is 10.4. The summed E-state index contributed by atoms with van der Waals surface area (Å²) in [5.41, 5.74) is 4.79. The lowest BCUT2D eigenvalue weighted by molar-refractivity contribution is -0.118. The zero-order valence-corrected chi connectivity index (χ0v) is 14.0. The average molecular weight is 318 g/mol. The Morgan fingerprint density at radius 1 is 1.05 bits per heavy atom. The molecular formula is C18H20ClNO2. The van der Waals surface area contributed by atoms with Gasteiger partial charge in [-0.1, -0.05) is 29.8 Å². The lowest BCUT2D eigenvalue weighted by Gasteiger charge is -2.13. The maximum Gasteiger partial charge on any atom is 0.262 e. The highest BCUT2D eigenvalue weighted by molar-refractivity contribution is 6.32. The van der Waals surface area contributed by atoms with E-state index in [0.29, 0.717) is 5.75 Å². The highest BCUT2D eigenvalue weighted by atomic mass is 35.5. The van der Waals surface area contributed by atoms with Crippen molar-refractivity contribution in [2.45, 2.75) is 27.7 Å². The predicted molar refractivity (Wildman–Crippen MR) is 91.0 cm³/mol. The van der Waals surface area contributed by atoms with Crippen molar-refractivity contribution in [1.29, 1.82) is 0 Å². The van der Waals surface area contributed by atoms with Gasteiger partial charge in [-0.2, -0.15) is 0 Å². The Balaban J connectivity index is 2.02. The van der Waals surface area contributed by atoms with Gasteiger partial charge in [0.25, 0.3) is 5.91 Å². The number of amides is 1. The van der Waals surface area contributed by atoms with Crippen molar-refractivity contribution in [3.8, 4) is 5.75 Å². The molecule has 2 rings (SSSR count). The quantitative estimate of drug-likeness (QED) is 0.895. The van der Waals surface area contributed by atoms with Crippen LogP contribution in [0.5, 0.6) is 5.75 Å². The van der Waals surface area contributed by atoms with E-state index < -0.39 is 0 Å². The van der Waals surface area contributed by atoms with Crippen LogP contribution in [0.3, 0.4) is 0 Å². The van der Waals surface area contributed by atoms with Crippen LogP contribution < -0.4 is 10.1 Å². The molecule has 2 aromatic rings. The molecule has 0 unspecified atom stereocenters. The number of hydrogen-bond acceptors (Lipinski definition) is 2. The first-order valence-electron chi connectivity index (χ1n) is 7.14. The standard InChI is InChI=1S/C18H20ClNO2/c1-11-6-5-7-12(2)18(11)20-16(21)10-22-15-8-13(3)17(19)14(4)9-15/h5-9H,10H2,1-4H3,(H,20,21). The molecule has 0 spiro atoms. The first-order chi connectivity index (χ1) is 10.4. The number of carbonyl (C=O) groups excluding carboxylic acids is 1. The molecule has 3 nitrogen and oxygen atoms in total. The summed E-state index contributed by atoms with van der Waals surface area (Å²) in [5.74, 6) is 0.471. The fraction of sp³-hybridized carbons (Fsp3) is 0.278. The minimum Gasteiger partial charge on any atom is -0.484 e. The molecule has 4 heteroatoms. The van der Waals surface area contributed by atoms with Crippen molar-refractivity contribution in [2.24, 2.45) is 0 Å². The fourth-order valence-electron chi connectivity index (χ4n) is 2.33. The first-order valence-corrected chi connectivity index (χ1v) is 7.52. The fourth-order valence-corrected chi connectivity index (χ4v) is 2.43. The SMILES string of the molecule is Cc1cc(OCC(=O)Nc2c(C)cccc2C)cc(C)c1Cl. The first kappa shape index (κ1) is 16.4. The lowest BCUT2D eigenvalue weighted by Crippen LogP contribution is -2.21. The monoisotopic (exact) mass is 317 g/mol. The summed E-state index contributed by atoms with van der Waals surface area (Å²) >= 11 is 6.12. The van der Waals surface area contributed by atoms with Gasteiger partial charge in [-0.3, -0.25) is 4.79 Å². The Bertz CT molecular complexity index is 667. The van der Waals surface area contributed by atoms with E-state index >= 15 is 0 Å². The Hall–Kier alpha value is -2.00. The average Bonchev–Trinajstić information content (AvgIpc) is 2.46. The van der Waals surface area contributed by atoms with Crippen LogP contribution in [0.25, 0.3) is 0 Å². The minimum atomic E-state index is -0.178. The van der Waals surface area contributed by atoms with E-state index in [0.717, 1.165) is 33.0 Å². The highest BCUT2D eigenvalue weighted by Crippen LogP contribution is 2.26. The van der Waals surface area contributed by atoms with E-state index in [1.54, 1.807) is 0 Å². The van der Waals surface area contributed by atoms with Crippen LogP contribution in [0.15, 0.2) is 30.3 Å². The maximum atomic E-state index is 12.1. The van der Waals surface area contributed by atoms with Crippen LogP contribution in [0.4, 0.5) is 5.69 Å². The highest BCUT2D eigenvalue weighted by Gasteiger charge is 2.09. The Labute approximate surface area is 136 Å². The number of anilines is 1. The Morgan fingerprint density at radius 2 is 1.59 bits per heavy atom. The van der Waals surface area contributed by atoms with E-state index in [2.05, 4.69) is 5.32 Å². The van der Waals surface area contributed by atoms with Gasteiger partial charge in [-0.05, 0) is 62.1 Å². The number of aryl methyl sites for hydroxylation is 4. The second-order valence-corrected chi connectivity index (χ2v) is 5.85. The summed E-state index contributed by atoms with van der Waals surface area (Å²) in [6.45, 7) is 7.73. The molecule has 0 bridgehead atoms. The molecule has 1 amide bonds. The summed E-state index contributed by atoms with van der Waals surface area (Å²) in [4.78, 5) is 12.1. The lowest BCUT2D eigenvalue weighted by atomic mass is 10.1. The van der Waals surface area contributed by atoms with Crippen molar-refractivity contribution in [1.82, 2.24) is 0 Å². The largest absolute Gasteiger partial charge is 0.484 e. The molecule has 0 aliphatic carbocycles. The number of nitrogens with one attached hydrogen (secondary N) is 1. The van der Waals surface area contributed by atoms with Crippen LogP contribution in [-0.2, 0) is 4.79 Å². The number of ether oxygens (including phenoxy) is 1. The number of benzene rings is 2. The second-order valence-electron chi connectivity index (χ2n) is 5.47. The van der Waals surface area contributed by atoms with Gasteiger partial charge in [-0.15, -0.1) is 0 Å². The minimum absolute atomic E-state index is 0.0334. The molecular weight excluding hydrogens is 298 g/mol. The molecule has 116 valence electrons. The third-order valence-electron chi connectivity index (χ3n) is 3.53. The molecule has 0 aromatic heterocycles. The topological polar surface area (TPSA) is 38.3 Å². The summed E-state index contributed by atoms with van der Waals surface area (Å²) in [6.07, 6.45) is 0. The zero-order chi connectivity index (χ0) is 16.3. The molecule has 0 heterocycles. The van der Waals surface area contributed by atoms with Crippen molar-refractivity contribution in [3.05, 3.63) is 57.6 Å². The van der Waals surface area contributed by atoms with E-state index in [4.69, 9.17) is 16.3 Å². The zero-order valence-electron chi connectivity index (χ0n) is 13.3. The molecule has 0 atom stereocenters. The maximum absolute atomic E-state index is 12.1. The molecule has 0 saturated carbocycles. The van der Waals surface area contributed by atoms with E-state index in [1.807, 2.05) is 58.0 Å². The van der Waals surface area contributed by atoms with Crippen molar-refractivity contribution in [2.75, 3.05) is 11.9 Å². The number of rotatable bonds is 4. The number of carbonyl (C=O) groups is 1. The number of para-hydroxylation sites is 1. The number of hydrogen-bond donors (Lipinski definition) is 1. The van der Waals surface area contributed by atoms with Crippen LogP contribution >= 0.6 is 11.6 Å². The molecule has 1 N–H and O–H groups in total. The third-order valence-corrected chi connectivity index (χ3v) is 4.12. The smallest absolute Gasteiger partial charge is 0.262 e. The van der Waals surface area contributed by atoms with Gasteiger partial charge < -0.3 is 10.1 Å². The molecule has 0 saturated heterocycles. The Morgan fingerprint density at radius 3 is 2.14 bits per heavy atom. The van der Waals surface area contributed by atoms with Gasteiger partial charge >= 0.3 is 0 Å². The molecule has 0 aliphatic rings.